The summed E-state index contributed by atoms with van der Waals surface area (Å²) in [6, 6.07) is 0. The zero-order valence-electron chi connectivity index (χ0n) is 8.53. The van der Waals surface area contributed by atoms with Gasteiger partial charge < -0.3 is 10.3 Å². The van der Waals surface area contributed by atoms with Gasteiger partial charge in [0.25, 0.3) is 0 Å². The minimum atomic E-state index is 0.154. The van der Waals surface area contributed by atoms with Crippen LogP contribution in [0.4, 0.5) is 0 Å². The molecule has 1 aromatic heterocycles. The van der Waals surface area contributed by atoms with E-state index in [0.717, 1.165) is 17.9 Å². The van der Waals surface area contributed by atoms with Gasteiger partial charge in [-0.2, -0.15) is 0 Å². The predicted octanol–water partition coefficient (Wildman–Crippen LogP) is 1.31. The molecule has 0 saturated carbocycles. The maximum absolute atomic E-state index is 11.7. The number of hydrogen-bond donors (Lipinski definition) is 2. The number of H-pyrrole nitrogens is 1. The van der Waals surface area contributed by atoms with Crippen molar-refractivity contribution < 1.29 is 4.79 Å². The molecule has 0 aliphatic carbocycles. The molecule has 0 spiro atoms. The number of nitrogens with one attached hydrogen (secondary N) is 2. The number of hydrogen-bond acceptors (Lipinski definition) is 3. The van der Waals surface area contributed by atoms with Crippen molar-refractivity contribution in [2.45, 2.75) is 31.1 Å². The summed E-state index contributed by atoms with van der Waals surface area (Å²) in [6.45, 7) is 0.551. The number of carbonyl (C=O) groups is 1. The monoisotopic (exact) mass is 225 g/mol. The van der Waals surface area contributed by atoms with Gasteiger partial charge in [-0.1, -0.05) is 6.42 Å². The van der Waals surface area contributed by atoms with Crippen molar-refractivity contribution in [2.24, 2.45) is 0 Å². The number of amides is 1. The van der Waals surface area contributed by atoms with Crippen molar-refractivity contribution >= 4 is 17.7 Å². The Labute approximate surface area is 93.2 Å². The number of rotatable bonds is 3. The minimum absolute atomic E-state index is 0.154. The summed E-state index contributed by atoms with van der Waals surface area (Å²) in [5.41, 5.74) is 0.948. The average molecular weight is 225 g/mol. The van der Waals surface area contributed by atoms with Crippen LogP contribution in [0, 0.1) is 0 Å². The normalized spacial score (nSPS) is 21.2. The molecule has 1 atom stereocenters. The van der Waals surface area contributed by atoms with Crippen LogP contribution in [0.3, 0.4) is 0 Å². The van der Waals surface area contributed by atoms with Crippen molar-refractivity contribution in [3.05, 3.63) is 18.2 Å². The Balaban J connectivity index is 1.76. The Kier molecular flexibility index (Phi) is 3.66. The van der Waals surface area contributed by atoms with Crippen LogP contribution < -0.4 is 5.32 Å². The van der Waals surface area contributed by atoms with E-state index in [9.17, 15) is 4.79 Å². The van der Waals surface area contributed by atoms with E-state index in [0.29, 0.717) is 6.54 Å². The van der Waals surface area contributed by atoms with Gasteiger partial charge in [-0.05, 0) is 18.6 Å². The first-order chi connectivity index (χ1) is 7.36. The summed E-state index contributed by atoms with van der Waals surface area (Å²) in [4.78, 5) is 18.6. The standard InChI is InChI=1S/C10H15N3OS/c14-10(9-3-1-2-4-15-9)12-6-8-5-11-7-13-8/h5,7,9H,1-4,6H2,(H,11,13)(H,12,14). The highest BCUT2D eigenvalue weighted by Gasteiger charge is 2.21. The zero-order chi connectivity index (χ0) is 10.5. The SMILES string of the molecule is O=C(NCc1cnc[nH]1)C1CCCCS1. The van der Waals surface area contributed by atoms with Crippen LogP contribution in [0.1, 0.15) is 25.0 Å². The van der Waals surface area contributed by atoms with E-state index >= 15 is 0 Å². The minimum Gasteiger partial charge on any atom is -0.350 e. The van der Waals surface area contributed by atoms with Gasteiger partial charge in [-0.3, -0.25) is 4.79 Å². The Hall–Kier alpha value is -0.970. The molecular weight excluding hydrogens is 210 g/mol. The van der Waals surface area contributed by atoms with E-state index in [1.165, 1.54) is 12.8 Å². The summed E-state index contributed by atoms with van der Waals surface area (Å²) < 4.78 is 0. The van der Waals surface area contributed by atoms with Gasteiger partial charge in [0.15, 0.2) is 0 Å². The lowest BCUT2D eigenvalue weighted by molar-refractivity contribution is -0.120. The van der Waals surface area contributed by atoms with Crippen LogP contribution in [-0.4, -0.2) is 26.9 Å². The molecule has 1 aromatic rings. The van der Waals surface area contributed by atoms with Crippen LogP contribution in [0.5, 0.6) is 0 Å². The molecule has 2 rings (SSSR count). The molecule has 1 unspecified atom stereocenters. The quantitative estimate of drug-likeness (QED) is 0.815. The highest BCUT2D eigenvalue weighted by molar-refractivity contribution is 8.00. The fraction of sp³-hybridized carbons (Fsp3) is 0.600. The third-order valence-corrected chi connectivity index (χ3v) is 3.86. The maximum Gasteiger partial charge on any atom is 0.233 e. The first kappa shape index (κ1) is 10.5. The van der Waals surface area contributed by atoms with Crippen LogP contribution in [-0.2, 0) is 11.3 Å². The van der Waals surface area contributed by atoms with Gasteiger partial charge in [0, 0.05) is 6.20 Å². The second-order valence-corrected chi connectivity index (χ2v) is 4.96. The summed E-state index contributed by atoms with van der Waals surface area (Å²) >= 11 is 1.77. The van der Waals surface area contributed by atoms with Crippen LogP contribution in [0.15, 0.2) is 12.5 Å². The number of nitrogens with zero attached hydrogens (tertiary/aromatic N) is 1. The molecule has 1 saturated heterocycles. The lowest BCUT2D eigenvalue weighted by atomic mass is 10.2. The third-order valence-electron chi connectivity index (χ3n) is 2.48. The molecule has 0 bridgehead atoms. The topological polar surface area (TPSA) is 57.8 Å². The Morgan fingerprint density at radius 1 is 1.67 bits per heavy atom. The Morgan fingerprint density at radius 3 is 3.27 bits per heavy atom. The summed E-state index contributed by atoms with van der Waals surface area (Å²) in [5.74, 6) is 1.27. The highest BCUT2D eigenvalue weighted by atomic mass is 32.2. The molecule has 1 fully saturated rings. The lowest BCUT2D eigenvalue weighted by Gasteiger charge is -2.20. The zero-order valence-corrected chi connectivity index (χ0v) is 9.35. The largest absolute Gasteiger partial charge is 0.350 e. The molecule has 2 heterocycles. The van der Waals surface area contributed by atoms with Crippen LogP contribution in [0.2, 0.25) is 0 Å². The van der Waals surface area contributed by atoms with E-state index in [4.69, 9.17) is 0 Å². The second kappa shape index (κ2) is 5.21. The predicted molar refractivity (Wildman–Crippen MR) is 60.5 cm³/mol. The number of aromatic amines is 1. The van der Waals surface area contributed by atoms with E-state index in [1.807, 2.05) is 0 Å². The lowest BCUT2D eigenvalue weighted by Crippen LogP contribution is -2.33. The number of carbonyl (C=O) groups excluding carboxylic acids is 1. The first-order valence-electron chi connectivity index (χ1n) is 5.23. The highest BCUT2D eigenvalue weighted by Crippen LogP contribution is 2.24. The van der Waals surface area contributed by atoms with E-state index < -0.39 is 0 Å². The number of aromatic nitrogens is 2. The summed E-state index contributed by atoms with van der Waals surface area (Å²) in [6.07, 6.45) is 6.79. The van der Waals surface area contributed by atoms with Crippen molar-refractivity contribution in [3.8, 4) is 0 Å². The molecule has 2 N–H and O–H groups in total. The van der Waals surface area contributed by atoms with Gasteiger partial charge >= 0.3 is 0 Å². The average Bonchev–Trinajstić information content (AvgIpc) is 2.80. The number of thioether (sulfide) groups is 1. The maximum atomic E-state index is 11.7. The summed E-state index contributed by atoms with van der Waals surface area (Å²) in [7, 11) is 0. The van der Waals surface area contributed by atoms with Gasteiger partial charge in [-0.15, -0.1) is 11.8 Å². The first-order valence-corrected chi connectivity index (χ1v) is 6.28. The van der Waals surface area contributed by atoms with Crippen molar-refractivity contribution in [2.75, 3.05) is 5.75 Å². The smallest absolute Gasteiger partial charge is 0.233 e. The van der Waals surface area contributed by atoms with Crippen LogP contribution >= 0.6 is 11.8 Å². The fourth-order valence-corrected chi connectivity index (χ4v) is 2.85. The van der Waals surface area contributed by atoms with E-state index in [-0.39, 0.29) is 11.2 Å². The molecule has 1 aliphatic heterocycles. The Bertz CT molecular complexity index is 306. The molecule has 5 heteroatoms. The van der Waals surface area contributed by atoms with Gasteiger partial charge in [0.2, 0.25) is 5.91 Å². The number of imidazole rings is 1. The Morgan fingerprint density at radius 2 is 2.60 bits per heavy atom. The third kappa shape index (κ3) is 2.99. The van der Waals surface area contributed by atoms with Crippen molar-refractivity contribution in [1.82, 2.24) is 15.3 Å². The second-order valence-electron chi connectivity index (χ2n) is 3.65. The molecular formula is C10H15N3OS. The molecule has 0 radical (unpaired) electrons. The molecule has 1 aliphatic rings. The van der Waals surface area contributed by atoms with Gasteiger partial charge in [-0.25, -0.2) is 4.98 Å². The molecule has 15 heavy (non-hydrogen) atoms. The van der Waals surface area contributed by atoms with Crippen molar-refractivity contribution in [3.63, 3.8) is 0 Å². The van der Waals surface area contributed by atoms with E-state index in [2.05, 4.69) is 15.3 Å². The van der Waals surface area contributed by atoms with Crippen LogP contribution in [0.25, 0.3) is 0 Å². The molecule has 82 valence electrons. The van der Waals surface area contributed by atoms with E-state index in [1.54, 1.807) is 24.3 Å². The molecule has 1 amide bonds. The summed E-state index contributed by atoms with van der Waals surface area (Å²) in [5, 5.41) is 3.08. The fourth-order valence-electron chi connectivity index (χ4n) is 1.63. The van der Waals surface area contributed by atoms with Gasteiger partial charge in [0.1, 0.15) is 0 Å². The molecule has 4 nitrogen and oxygen atoms in total. The van der Waals surface area contributed by atoms with Gasteiger partial charge in [0.05, 0.1) is 23.8 Å². The van der Waals surface area contributed by atoms with Crippen molar-refractivity contribution in [1.29, 1.82) is 0 Å². The molecule has 0 aromatic carbocycles.